The third-order valence-electron chi connectivity index (χ3n) is 6.85. The third kappa shape index (κ3) is 3.11. The molecule has 0 radical (unpaired) electrons. The van der Waals surface area contributed by atoms with E-state index in [0.29, 0.717) is 11.7 Å². The molecule has 3 aromatic rings. The maximum absolute atomic E-state index is 5.14. The van der Waals surface area contributed by atoms with Gasteiger partial charge >= 0.3 is 12.0 Å². The Bertz CT molecular complexity index is 1070. The lowest BCUT2D eigenvalue weighted by atomic mass is 9.71. The highest BCUT2D eigenvalue weighted by Gasteiger charge is 2.48. The number of aromatic nitrogens is 4. The van der Waals surface area contributed by atoms with Gasteiger partial charge in [0.25, 0.3) is 0 Å². The highest BCUT2D eigenvalue weighted by Crippen LogP contribution is 2.54. The highest BCUT2D eigenvalue weighted by molar-refractivity contribution is 5.66. The number of hydrogen-bond donors (Lipinski definition) is 0. The Labute approximate surface area is 177 Å². The van der Waals surface area contributed by atoms with Crippen molar-refractivity contribution in [2.75, 3.05) is 14.2 Å². The monoisotopic (exact) mass is 404 g/mol. The molecule has 0 N–H and O–H groups in total. The van der Waals surface area contributed by atoms with Gasteiger partial charge in [0, 0.05) is 17.3 Å². The summed E-state index contributed by atoms with van der Waals surface area (Å²) in [7, 11) is 3.02. The molecule has 156 valence electrons. The molecule has 0 spiro atoms. The van der Waals surface area contributed by atoms with Crippen molar-refractivity contribution in [1.29, 1.82) is 0 Å². The van der Waals surface area contributed by atoms with Crippen LogP contribution in [-0.2, 0) is 10.8 Å². The number of hydrogen-bond acceptors (Lipinski definition) is 6. The lowest BCUT2D eigenvalue weighted by Crippen LogP contribution is -2.30. The number of methoxy groups -OCH3 is 2. The van der Waals surface area contributed by atoms with Crippen molar-refractivity contribution in [3.63, 3.8) is 0 Å². The Morgan fingerprint density at radius 3 is 1.93 bits per heavy atom. The first-order valence-electron chi connectivity index (χ1n) is 10.1. The Kier molecular flexibility index (Phi) is 4.76. The van der Waals surface area contributed by atoms with Gasteiger partial charge in [-0.2, -0.15) is 9.97 Å². The smallest absolute Gasteiger partial charge is 0.322 e. The molecule has 0 fully saturated rings. The summed E-state index contributed by atoms with van der Waals surface area (Å²) in [5.74, 6) is 1.02. The fourth-order valence-corrected chi connectivity index (χ4v) is 4.51. The largest absolute Gasteiger partial charge is 0.467 e. The summed E-state index contributed by atoms with van der Waals surface area (Å²) in [6, 6.07) is 11.1. The minimum Gasteiger partial charge on any atom is -0.467 e. The van der Waals surface area contributed by atoms with Crippen molar-refractivity contribution in [1.82, 2.24) is 19.9 Å². The predicted octanol–water partition coefficient (Wildman–Crippen LogP) is 4.82. The number of pyridine rings is 1. The number of benzene rings is 1. The molecule has 6 nitrogen and oxygen atoms in total. The number of rotatable bonds is 4. The van der Waals surface area contributed by atoms with Crippen LogP contribution in [0.3, 0.4) is 0 Å². The maximum Gasteiger partial charge on any atom is 0.322 e. The predicted molar refractivity (Wildman–Crippen MR) is 117 cm³/mol. The molecule has 2 aromatic heterocycles. The van der Waals surface area contributed by atoms with Crippen LogP contribution in [0, 0.1) is 5.92 Å². The molecular formula is C24H28N4O2. The van der Waals surface area contributed by atoms with Crippen molar-refractivity contribution in [3.05, 3.63) is 47.7 Å². The van der Waals surface area contributed by atoms with Crippen LogP contribution in [0.5, 0.6) is 12.0 Å². The number of ether oxygens (including phenoxy) is 2. The third-order valence-corrected chi connectivity index (χ3v) is 6.85. The van der Waals surface area contributed by atoms with E-state index in [1.807, 2.05) is 12.1 Å². The second-order valence-electron chi connectivity index (χ2n) is 8.99. The summed E-state index contributed by atoms with van der Waals surface area (Å²) in [4.78, 5) is 17.3. The first kappa shape index (κ1) is 20.3. The molecule has 0 amide bonds. The van der Waals surface area contributed by atoms with Crippen LogP contribution in [-0.4, -0.2) is 34.2 Å². The summed E-state index contributed by atoms with van der Waals surface area (Å²) in [5, 5.41) is 0. The minimum atomic E-state index is 0.118. The molecule has 1 unspecified atom stereocenters. The zero-order valence-electron chi connectivity index (χ0n) is 18.6. The zero-order valence-corrected chi connectivity index (χ0v) is 18.6. The molecule has 0 bridgehead atoms. The van der Waals surface area contributed by atoms with E-state index >= 15 is 0 Å². The lowest BCUT2D eigenvalue weighted by molar-refractivity contribution is 0.264. The van der Waals surface area contributed by atoms with E-state index in [2.05, 4.69) is 72.8 Å². The van der Waals surface area contributed by atoms with E-state index in [0.717, 1.165) is 16.8 Å². The molecule has 0 saturated carbocycles. The van der Waals surface area contributed by atoms with Crippen LogP contribution in [0.15, 0.2) is 36.5 Å². The van der Waals surface area contributed by atoms with E-state index in [1.165, 1.54) is 25.3 Å². The van der Waals surface area contributed by atoms with Gasteiger partial charge in [0.05, 0.1) is 19.9 Å². The van der Waals surface area contributed by atoms with Crippen LogP contribution in [0.1, 0.15) is 45.7 Å². The normalized spacial score (nSPS) is 18.7. The van der Waals surface area contributed by atoms with Crippen molar-refractivity contribution >= 4 is 0 Å². The van der Waals surface area contributed by atoms with Crippen molar-refractivity contribution in [2.24, 2.45) is 5.92 Å². The van der Waals surface area contributed by atoms with Crippen molar-refractivity contribution < 1.29 is 9.47 Å². The quantitative estimate of drug-likeness (QED) is 0.621. The lowest BCUT2D eigenvalue weighted by Gasteiger charge is -2.32. The van der Waals surface area contributed by atoms with Crippen molar-refractivity contribution in [2.45, 2.75) is 45.4 Å². The summed E-state index contributed by atoms with van der Waals surface area (Å²) in [6.45, 7) is 11.7. The van der Waals surface area contributed by atoms with E-state index < -0.39 is 0 Å². The highest BCUT2D eigenvalue weighted by atomic mass is 16.5. The van der Waals surface area contributed by atoms with Crippen LogP contribution in [0.25, 0.3) is 22.6 Å². The number of fused-ring (bicyclic) bond motifs is 1. The standard InChI is InChI=1S/C24H28N4O2/c1-14-23(2,3)17-10-8-15(12-18(17)24(14,4)5)19-11-9-16(13-25-19)20-26-21(29-6)28-22(27-20)30-7/h8-14H,1-7H3. The molecule has 0 aliphatic heterocycles. The Morgan fingerprint density at radius 1 is 0.767 bits per heavy atom. The molecule has 2 heterocycles. The fourth-order valence-electron chi connectivity index (χ4n) is 4.51. The average Bonchev–Trinajstić information content (AvgIpc) is 2.90. The van der Waals surface area contributed by atoms with Gasteiger partial charge in [-0.25, -0.2) is 0 Å². The van der Waals surface area contributed by atoms with E-state index in [-0.39, 0.29) is 22.9 Å². The minimum absolute atomic E-state index is 0.118. The van der Waals surface area contributed by atoms with E-state index in [1.54, 1.807) is 6.20 Å². The second-order valence-corrected chi connectivity index (χ2v) is 8.99. The van der Waals surface area contributed by atoms with Gasteiger partial charge in [-0.3, -0.25) is 4.98 Å². The van der Waals surface area contributed by atoms with Crippen molar-refractivity contribution in [3.8, 4) is 34.7 Å². The van der Waals surface area contributed by atoms with Crippen LogP contribution < -0.4 is 9.47 Å². The van der Waals surface area contributed by atoms with Gasteiger partial charge < -0.3 is 9.47 Å². The summed E-state index contributed by atoms with van der Waals surface area (Å²) in [5.41, 5.74) is 5.93. The molecule has 4 rings (SSSR count). The van der Waals surface area contributed by atoms with E-state index in [4.69, 9.17) is 9.47 Å². The maximum atomic E-state index is 5.14. The van der Waals surface area contributed by atoms with Crippen LogP contribution >= 0.6 is 0 Å². The Morgan fingerprint density at radius 2 is 1.37 bits per heavy atom. The molecule has 1 aliphatic rings. The van der Waals surface area contributed by atoms with Gasteiger partial charge in [-0.05, 0) is 46.1 Å². The summed E-state index contributed by atoms with van der Waals surface area (Å²) in [6.07, 6.45) is 1.77. The zero-order chi connectivity index (χ0) is 21.7. The fraction of sp³-hybridized carbons (Fsp3) is 0.417. The van der Waals surface area contributed by atoms with Gasteiger partial charge in [-0.1, -0.05) is 46.8 Å². The Hall–Kier alpha value is -3.02. The summed E-state index contributed by atoms with van der Waals surface area (Å²) < 4.78 is 10.3. The van der Waals surface area contributed by atoms with Gasteiger partial charge in [0.2, 0.25) is 0 Å². The van der Waals surface area contributed by atoms with Gasteiger partial charge in [0.1, 0.15) is 0 Å². The molecule has 1 aliphatic carbocycles. The average molecular weight is 405 g/mol. The first-order valence-corrected chi connectivity index (χ1v) is 10.1. The SMILES string of the molecule is COc1nc(OC)nc(-c2ccc(-c3ccc4c(c3)C(C)(C)C(C)C4(C)C)nc2)n1. The molecule has 1 atom stereocenters. The molecular weight excluding hydrogens is 376 g/mol. The molecule has 0 saturated heterocycles. The topological polar surface area (TPSA) is 70.0 Å². The number of nitrogens with zero attached hydrogens (tertiary/aromatic N) is 4. The first-order chi connectivity index (χ1) is 14.2. The summed E-state index contributed by atoms with van der Waals surface area (Å²) >= 11 is 0. The van der Waals surface area contributed by atoms with E-state index in [9.17, 15) is 0 Å². The molecule has 30 heavy (non-hydrogen) atoms. The molecule has 1 aromatic carbocycles. The van der Waals surface area contributed by atoms with Gasteiger partial charge in [0.15, 0.2) is 5.82 Å². The Balaban J connectivity index is 1.71. The second kappa shape index (κ2) is 7.04. The van der Waals surface area contributed by atoms with Crippen LogP contribution in [0.4, 0.5) is 0 Å². The van der Waals surface area contributed by atoms with Gasteiger partial charge in [-0.15, -0.1) is 4.98 Å². The molecule has 6 heteroatoms. The van der Waals surface area contributed by atoms with Crippen LogP contribution in [0.2, 0.25) is 0 Å².